The number of nitrogens with zero attached hydrogens (tertiary/aromatic N) is 1. The van der Waals surface area contributed by atoms with Gasteiger partial charge in [0.2, 0.25) is 0 Å². The van der Waals surface area contributed by atoms with Crippen molar-refractivity contribution in [1.29, 1.82) is 5.26 Å². The summed E-state index contributed by atoms with van der Waals surface area (Å²) in [6.07, 6.45) is 0. The predicted octanol–water partition coefficient (Wildman–Crippen LogP) is 2.07. The Hall–Kier alpha value is -2.49. The Morgan fingerprint density at radius 1 is 1.28 bits per heavy atom. The SMILES string of the molecule is COC(=O)C(C#N)=C(O)c1cc(F)c(F)cc1F. The highest BCUT2D eigenvalue weighted by Crippen LogP contribution is 2.22. The highest BCUT2D eigenvalue weighted by Gasteiger charge is 2.21. The number of methoxy groups -OCH3 is 1. The van der Waals surface area contributed by atoms with Crippen molar-refractivity contribution < 1.29 is 27.8 Å². The van der Waals surface area contributed by atoms with Gasteiger partial charge in [-0.15, -0.1) is 0 Å². The third-order valence-corrected chi connectivity index (χ3v) is 2.00. The summed E-state index contributed by atoms with van der Waals surface area (Å²) in [5.41, 5.74) is -1.72. The van der Waals surface area contributed by atoms with E-state index in [1.807, 2.05) is 0 Å². The van der Waals surface area contributed by atoms with Crippen molar-refractivity contribution in [3.63, 3.8) is 0 Å². The number of aliphatic hydroxyl groups excluding tert-OH is 1. The standard InChI is InChI=1S/C11H6F3NO3/c1-18-11(17)6(4-15)10(16)5-2-8(13)9(14)3-7(5)12/h2-3,16H,1H3. The van der Waals surface area contributed by atoms with Crippen LogP contribution in [-0.2, 0) is 9.53 Å². The van der Waals surface area contributed by atoms with E-state index in [-0.39, 0.29) is 6.07 Å². The molecule has 0 aliphatic heterocycles. The Morgan fingerprint density at radius 2 is 1.83 bits per heavy atom. The smallest absolute Gasteiger partial charge is 0.352 e. The maximum Gasteiger partial charge on any atom is 0.352 e. The maximum absolute atomic E-state index is 13.3. The molecule has 0 fully saturated rings. The number of benzene rings is 1. The molecule has 0 saturated heterocycles. The van der Waals surface area contributed by atoms with Crippen molar-refractivity contribution in [1.82, 2.24) is 0 Å². The summed E-state index contributed by atoms with van der Waals surface area (Å²) in [5.74, 6) is -6.55. The summed E-state index contributed by atoms with van der Waals surface area (Å²) < 4.78 is 43.0. The molecule has 0 aliphatic carbocycles. The highest BCUT2D eigenvalue weighted by molar-refractivity contribution is 5.99. The van der Waals surface area contributed by atoms with Crippen LogP contribution in [0.3, 0.4) is 0 Å². The molecule has 4 nitrogen and oxygen atoms in total. The van der Waals surface area contributed by atoms with E-state index in [1.54, 1.807) is 0 Å². The Balaban J connectivity index is 3.47. The molecule has 0 aliphatic rings. The first-order chi connectivity index (χ1) is 8.42. The molecule has 0 atom stereocenters. The number of halogens is 3. The topological polar surface area (TPSA) is 70.3 Å². The van der Waals surface area contributed by atoms with Gasteiger partial charge in [0.1, 0.15) is 11.9 Å². The maximum atomic E-state index is 13.3. The van der Waals surface area contributed by atoms with Gasteiger partial charge < -0.3 is 9.84 Å². The molecule has 1 rings (SSSR count). The fraction of sp³-hybridized carbons (Fsp3) is 0.0909. The number of hydrogen-bond acceptors (Lipinski definition) is 4. The number of aliphatic hydroxyl groups is 1. The fourth-order valence-corrected chi connectivity index (χ4v) is 1.14. The van der Waals surface area contributed by atoms with E-state index >= 15 is 0 Å². The zero-order chi connectivity index (χ0) is 13.9. The number of carbonyl (C=O) groups excluding carboxylic acids is 1. The van der Waals surface area contributed by atoms with E-state index in [0.717, 1.165) is 7.11 Å². The normalized spacial score (nSPS) is 11.5. The molecular weight excluding hydrogens is 251 g/mol. The van der Waals surface area contributed by atoms with Crippen LogP contribution in [0.15, 0.2) is 17.7 Å². The quantitative estimate of drug-likeness (QED) is 0.289. The van der Waals surface area contributed by atoms with Gasteiger partial charge in [0.25, 0.3) is 0 Å². The molecular formula is C11H6F3NO3. The second-order valence-electron chi connectivity index (χ2n) is 3.07. The number of esters is 1. The average molecular weight is 257 g/mol. The van der Waals surface area contributed by atoms with Crippen molar-refractivity contribution in [2.24, 2.45) is 0 Å². The first-order valence-electron chi connectivity index (χ1n) is 4.49. The molecule has 0 amide bonds. The van der Waals surface area contributed by atoms with Gasteiger partial charge in [-0.05, 0) is 6.07 Å². The molecule has 0 unspecified atom stereocenters. The predicted molar refractivity (Wildman–Crippen MR) is 53.5 cm³/mol. The number of rotatable bonds is 2. The van der Waals surface area contributed by atoms with Crippen molar-refractivity contribution in [2.75, 3.05) is 7.11 Å². The third kappa shape index (κ3) is 2.43. The Labute approximate surface area is 99.5 Å². The largest absolute Gasteiger partial charge is 0.506 e. The number of carbonyl (C=O) groups is 1. The van der Waals surface area contributed by atoms with E-state index in [4.69, 9.17) is 5.26 Å². The number of hydrogen-bond donors (Lipinski definition) is 1. The molecule has 1 aromatic rings. The van der Waals surface area contributed by atoms with E-state index in [1.165, 1.54) is 6.07 Å². The zero-order valence-electron chi connectivity index (χ0n) is 9.00. The highest BCUT2D eigenvalue weighted by atomic mass is 19.2. The Kier molecular flexibility index (Phi) is 3.94. The fourth-order valence-electron chi connectivity index (χ4n) is 1.14. The van der Waals surface area contributed by atoms with Gasteiger partial charge >= 0.3 is 5.97 Å². The number of ether oxygens (including phenoxy) is 1. The lowest BCUT2D eigenvalue weighted by Crippen LogP contribution is -2.07. The summed E-state index contributed by atoms with van der Waals surface area (Å²) in [5, 5.41) is 18.1. The molecule has 1 N–H and O–H groups in total. The first kappa shape index (κ1) is 13.6. The second-order valence-corrected chi connectivity index (χ2v) is 3.07. The Morgan fingerprint density at radius 3 is 2.33 bits per heavy atom. The summed E-state index contributed by atoms with van der Waals surface area (Å²) in [7, 11) is 0.939. The minimum absolute atomic E-state index is 0.188. The number of nitriles is 1. The zero-order valence-corrected chi connectivity index (χ0v) is 9.00. The summed E-state index contributed by atoms with van der Waals surface area (Å²) >= 11 is 0. The van der Waals surface area contributed by atoms with Crippen molar-refractivity contribution in [3.8, 4) is 6.07 Å². The van der Waals surface area contributed by atoms with Gasteiger partial charge in [0, 0.05) is 6.07 Å². The monoisotopic (exact) mass is 257 g/mol. The minimum atomic E-state index is -1.46. The van der Waals surface area contributed by atoms with Gasteiger partial charge in [0.15, 0.2) is 23.0 Å². The third-order valence-electron chi connectivity index (χ3n) is 2.00. The van der Waals surface area contributed by atoms with E-state index < -0.39 is 40.3 Å². The average Bonchev–Trinajstić information content (AvgIpc) is 2.34. The van der Waals surface area contributed by atoms with E-state index in [0.29, 0.717) is 6.07 Å². The second kappa shape index (κ2) is 5.23. The molecule has 0 bridgehead atoms. The van der Waals surface area contributed by atoms with Crippen LogP contribution in [-0.4, -0.2) is 18.2 Å². The summed E-state index contributed by atoms with van der Waals surface area (Å²) in [4.78, 5) is 11.1. The molecule has 0 spiro atoms. The Bertz CT molecular complexity index is 576. The molecule has 0 radical (unpaired) electrons. The van der Waals surface area contributed by atoms with Crippen LogP contribution in [0.2, 0.25) is 0 Å². The van der Waals surface area contributed by atoms with Crippen LogP contribution >= 0.6 is 0 Å². The lowest BCUT2D eigenvalue weighted by atomic mass is 10.1. The molecule has 94 valence electrons. The van der Waals surface area contributed by atoms with Gasteiger partial charge in [-0.3, -0.25) is 0 Å². The lowest BCUT2D eigenvalue weighted by molar-refractivity contribution is -0.135. The minimum Gasteiger partial charge on any atom is -0.506 e. The van der Waals surface area contributed by atoms with E-state index in [2.05, 4.69) is 4.74 Å². The van der Waals surface area contributed by atoms with Crippen molar-refractivity contribution in [3.05, 3.63) is 40.7 Å². The van der Waals surface area contributed by atoms with Crippen molar-refractivity contribution >= 4 is 11.7 Å². The molecule has 0 saturated carbocycles. The van der Waals surface area contributed by atoms with E-state index in [9.17, 15) is 23.1 Å². The van der Waals surface area contributed by atoms with Crippen LogP contribution in [0.5, 0.6) is 0 Å². The first-order valence-corrected chi connectivity index (χ1v) is 4.49. The van der Waals surface area contributed by atoms with Gasteiger partial charge in [-0.25, -0.2) is 18.0 Å². The van der Waals surface area contributed by atoms with Crippen LogP contribution in [0.4, 0.5) is 13.2 Å². The summed E-state index contributed by atoms with van der Waals surface area (Å²) in [6.45, 7) is 0. The van der Waals surface area contributed by atoms with Crippen molar-refractivity contribution in [2.45, 2.75) is 0 Å². The van der Waals surface area contributed by atoms with Gasteiger partial charge in [-0.1, -0.05) is 0 Å². The van der Waals surface area contributed by atoms with Crippen LogP contribution in [0.1, 0.15) is 5.56 Å². The molecule has 0 aromatic heterocycles. The van der Waals surface area contributed by atoms with Crippen LogP contribution in [0.25, 0.3) is 5.76 Å². The molecule has 0 heterocycles. The molecule has 1 aromatic carbocycles. The van der Waals surface area contributed by atoms with Crippen LogP contribution < -0.4 is 0 Å². The van der Waals surface area contributed by atoms with Gasteiger partial charge in [-0.2, -0.15) is 5.26 Å². The van der Waals surface area contributed by atoms with Crippen LogP contribution in [0, 0.1) is 28.8 Å². The molecule has 7 heteroatoms. The lowest BCUT2D eigenvalue weighted by Gasteiger charge is -2.05. The summed E-state index contributed by atoms with van der Waals surface area (Å²) in [6, 6.07) is 1.81. The van der Waals surface area contributed by atoms with Gasteiger partial charge in [0.05, 0.1) is 12.7 Å². The molecule has 18 heavy (non-hydrogen) atoms.